The van der Waals surface area contributed by atoms with Crippen molar-refractivity contribution in [3.05, 3.63) is 0 Å². The van der Waals surface area contributed by atoms with Crippen molar-refractivity contribution in [2.24, 2.45) is 17.8 Å². The lowest BCUT2D eigenvalue weighted by atomic mass is 10.2. The van der Waals surface area contributed by atoms with Gasteiger partial charge in [0, 0.05) is 13.1 Å². The van der Waals surface area contributed by atoms with Crippen molar-refractivity contribution in [1.29, 1.82) is 0 Å². The Kier molecular flexibility index (Phi) is 3.34. The van der Waals surface area contributed by atoms with Crippen LogP contribution in [0.2, 0.25) is 0 Å². The van der Waals surface area contributed by atoms with Crippen LogP contribution in [0.1, 0.15) is 27.7 Å². The van der Waals surface area contributed by atoms with Gasteiger partial charge in [-0.25, -0.2) is 4.79 Å². The smallest absolute Gasteiger partial charge is 0.410 e. The molecule has 1 aliphatic carbocycles. The summed E-state index contributed by atoms with van der Waals surface area (Å²) in [7, 11) is 0. The highest BCUT2D eigenvalue weighted by atomic mass is 16.6. The number of ether oxygens (including phenoxy) is 1. The summed E-state index contributed by atoms with van der Waals surface area (Å²) in [5.74, 6) is 2.21. The number of piperidine rings is 1. The minimum atomic E-state index is -0.382. The van der Waals surface area contributed by atoms with Crippen LogP contribution in [0.15, 0.2) is 0 Å². The van der Waals surface area contributed by atoms with E-state index in [-0.39, 0.29) is 11.7 Å². The van der Waals surface area contributed by atoms with Gasteiger partial charge in [-0.15, -0.1) is 0 Å². The second kappa shape index (κ2) is 4.48. The van der Waals surface area contributed by atoms with Crippen LogP contribution in [0.5, 0.6) is 0 Å². The van der Waals surface area contributed by atoms with Crippen molar-refractivity contribution >= 4 is 6.09 Å². The first kappa shape index (κ1) is 12.7. The lowest BCUT2D eigenvalue weighted by molar-refractivity contribution is 0.0265. The van der Waals surface area contributed by atoms with Crippen LogP contribution in [0, 0.1) is 17.8 Å². The van der Waals surface area contributed by atoms with Gasteiger partial charge in [0.25, 0.3) is 0 Å². The third-order valence-electron chi connectivity index (χ3n) is 3.65. The van der Waals surface area contributed by atoms with Gasteiger partial charge >= 0.3 is 6.09 Å². The van der Waals surface area contributed by atoms with Crippen molar-refractivity contribution in [3.63, 3.8) is 0 Å². The molecule has 1 N–H and O–H groups in total. The van der Waals surface area contributed by atoms with Gasteiger partial charge in [0.2, 0.25) is 0 Å². The monoisotopic (exact) mass is 240 g/mol. The number of nitrogens with one attached hydrogen (secondary N) is 1. The van der Waals surface area contributed by atoms with Crippen LogP contribution in [0.25, 0.3) is 0 Å². The minimum absolute atomic E-state index is 0.146. The van der Waals surface area contributed by atoms with Gasteiger partial charge in [-0.1, -0.05) is 6.92 Å². The first-order valence-electron chi connectivity index (χ1n) is 6.61. The van der Waals surface area contributed by atoms with Gasteiger partial charge in [-0.05, 0) is 51.6 Å². The Morgan fingerprint density at radius 1 is 1.35 bits per heavy atom. The van der Waals surface area contributed by atoms with E-state index in [2.05, 4.69) is 12.2 Å². The zero-order chi connectivity index (χ0) is 12.6. The molecule has 0 radical (unpaired) electrons. The minimum Gasteiger partial charge on any atom is -0.444 e. The fourth-order valence-corrected chi connectivity index (χ4v) is 2.74. The SMILES string of the molecule is CCNCC1C2CN(C(=O)OC(C)(C)C)C[C@H]12. The van der Waals surface area contributed by atoms with Crippen LogP contribution < -0.4 is 5.32 Å². The standard InChI is InChI=1S/C13H24N2O2/c1-5-14-6-9-10-7-15(8-11(9)10)12(16)17-13(2,3)4/h9-11,14H,5-8H2,1-4H3/t9?,10-,11?/m1/s1. The molecule has 0 aromatic heterocycles. The van der Waals surface area contributed by atoms with Crippen LogP contribution in [0.4, 0.5) is 4.79 Å². The normalized spacial score (nSPS) is 31.3. The first-order valence-corrected chi connectivity index (χ1v) is 6.61. The Hall–Kier alpha value is -0.770. The van der Waals surface area contributed by atoms with E-state index in [1.165, 1.54) is 0 Å². The second-order valence-corrected chi connectivity index (χ2v) is 6.18. The largest absolute Gasteiger partial charge is 0.444 e. The number of hydrogen-bond acceptors (Lipinski definition) is 3. The van der Waals surface area contributed by atoms with E-state index in [0.717, 1.165) is 32.1 Å². The predicted octanol–water partition coefficient (Wildman–Crippen LogP) is 1.71. The maximum atomic E-state index is 11.8. The van der Waals surface area contributed by atoms with Gasteiger partial charge in [-0.3, -0.25) is 0 Å². The quantitative estimate of drug-likeness (QED) is 0.816. The molecule has 0 aromatic rings. The van der Waals surface area contributed by atoms with Crippen molar-refractivity contribution in [3.8, 4) is 0 Å². The highest BCUT2D eigenvalue weighted by Gasteiger charge is 2.56. The molecule has 1 saturated heterocycles. The molecule has 0 aromatic carbocycles. The summed E-state index contributed by atoms with van der Waals surface area (Å²) in [6, 6.07) is 0. The van der Waals surface area contributed by atoms with Crippen LogP contribution in [0.3, 0.4) is 0 Å². The Morgan fingerprint density at radius 3 is 2.41 bits per heavy atom. The number of carbonyl (C=O) groups is 1. The topological polar surface area (TPSA) is 41.6 Å². The van der Waals surface area contributed by atoms with Crippen molar-refractivity contribution in [2.45, 2.75) is 33.3 Å². The molecule has 1 heterocycles. The maximum Gasteiger partial charge on any atom is 0.410 e. The average molecular weight is 240 g/mol. The highest BCUT2D eigenvalue weighted by molar-refractivity contribution is 5.69. The molecule has 2 fully saturated rings. The molecule has 2 rings (SSSR count). The Morgan fingerprint density at radius 2 is 1.94 bits per heavy atom. The summed E-state index contributed by atoms with van der Waals surface area (Å²) < 4.78 is 5.38. The fourth-order valence-electron chi connectivity index (χ4n) is 2.74. The summed E-state index contributed by atoms with van der Waals surface area (Å²) in [5.41, 5.74) is -0.382. The summed E-state index contributed by atoms with van der Waals surface area (Å²) >= 11 is 0. The summed E-state index contributed by atoms with van der Waals surface area (Å²) in [6.07, 6.45) is -0.146. The average Bonchev–Trinajstić information content (AvgIpc) is 2.67. The van der Waals surface area contributed by atoms with Gasteiger partial charge in [0.1, 0.15) is 5.60 Å². The van der Waals surface area contributed by atoms with Crippen LogP contribution in [-0.4, -0.2) is 42.8 Å². The molecule has 4 nitrogen and oxygen atoms in total. The number of carbonyl (C=O) groups excluding carboxylic acids is 1. The molecular formula is C13H24N2O2. The lowest BCUT2D eigenvalue weighted by Gasteiger charge is -2.25. The van der Waals surface area contributed by atoms with E-state index in [1.807, 2.05) is 25.7 Å². The molecule has 2 unspecified atom stereocenters. The zero-order valence-electron chi connectivity index (χ0n) is 11.3. The number of hydrogen-bond donors (Lipinski definition) is 1. The van der Waals surface area contributed by atoms with E-state index in [1.54, 1.807) is 0 Å². The van der Waals surface area contributed by atoms with Crippen molar-refractivity contribution < 1.29 is 9.53 Å². The molecule has 0 spiro atoms. The molecule has 2 aliphatic rings. The van der Waals surface area contributed by atoms with Crippen LogP contribution in [-0.2, 0) is 4.74 Å². The second-order valence-electron chi connectivity index (χ2n) is 6.18. The first-order chi connectivity index (χ1) is 7.92. The summed E-state index contributed by atoms with van der Waals surface area (Å²) in [5, 5.41) is 3.39. The highest BCUT2D eigenvalue weighted by Crippen LogP contribution is 2.51. The number of amides is 1. The van der Waals surface area contributed by atoms with Crippen molar-refractivity contribution in [2.75, 3.05) is 26.2 Å². The molecule has 1 aliphatic heterocycles. The Bertz CT molecular complexity index is 286. The van der Waals surface area contributed by atoms with Crippen molar-refractivity contribution in [1.82, 2.24) is 10.2 Å². The van der Waals surface area contributed by atoms with Gasteiger partial charge in [0.15, 0.2) is 0 Å². The van der Waals surface area contributed by atoms with E-state index < -0.39 is 0 Å². The molecule has 0 bridgehead atoms. The van der Waals surface area contributed by atoms with E-state index >= 15 is 0 Å². The number of fused-ring (bicyclic) bond motifs is 1. The molecule has 3 atom stereocenters. The number of nitrogens with zero attached hydrogens (tertiary/aromatic N) is 1. The molecule has 1 saturated carbocycles. The predicted molar refractivity (Wildman–Crippen MR) is 66.8 cm³/mol. The maximum absolute atomic E-state index is 11.8. The van der Waals surface area contributed by atoms with Crippen LogP contribution >= 0.6 is 0 Å². The summed E-state index contributed by atoms with van der Waals surface area (Å²) in [6.45, 7) is 11.8. The lowest BCUT2D eigenvalue weighted by Crippen LogP contribution is -2.37. The van der Waals surface area contributed by atoms with E-state index in [0.29, 0.717) is 11.8 Å². The fraction of sp³-hybridized carbons (Fsp3) is 0.923. The molecule has 1 amide bonds. The molecule has 17 heavy (non-hydrogen) atoms. The number of likely N-dealkylation sites (tertiary alicyclic amines) is 1. The Balaban J connectivity index is 1.74. The molecule has 4 heteroatoms. The van der Waals surface area contributed by atoms with E-state index in [9.17, 15) is 4.79 Å². The van der Waals surface area contributed by atoms with Gasteiger partial charge in [0.05, 0.1) is 0 Å². The third-order valence-corrected chi connectivity index (χ3v) is 3.65. The summed E-state index contributed by atoms with van der Waals surface area (Å²) in [4.78, 5) is 13.7. The molecule has 98 valence electrons. The van der Waals surface area contributed by atoms with E-state index in [4.69, 9.17) is 4.74 Å². The van der Waals surface area contributed by atoms with Gasteiger partial charge < -0.3 is 15.0 Å². The zero-order valence-corrected chi connectivity index (χ0v) is 11.3. The number of rotatable bonds is 3. The van der Waals surface area contributed by atoms with Gasteiger partial charge in [-0.2, -0.15) is 0 Å². The molecular weight excluding hydrogens is 216 g/mol. The third kappa shape index (κ3) is 2.92. The Labute approximate surface area is 104 Å².